The van der Waals surface area contributed by atoms with Gasteiger partial charge in [-0.1, -0.05) is 29.8 Å². The van der Waals surface area contributed by atoms with Crippen LogP contribution in [0.3, 0.4) is 0 Å². The summed E-state index contributed by atoms with van der Waals surface area (Å²) in [6, 6.07) is 9.94. The first-order chi connectivity index (χ1) is 17.4. The molecule has 0 saturated heterocycles. The van der Waals surface area contributed by atoms with Crippen molar-refractivity contribution in [2.75, 3.05) is 13.7 Å². The number of benzene rings is 2. The molecule has 7 heteroatoms. The Hall–Kier alpha value is -3.12. The van der Waals surface area contributed by atoms with Crippen LogP contribution in [-0.2, 0) is 16.2 Å². The number of ketones is 2. The van der Waals surface area contributed by atoms with Gasteiger partial charge in [-0.25, -0.2) is 4.39 Å². The fourth-order valence-corrected chi connectivity index (χ4v) is 6.02. The molecule has 2 aromatic rings. The number of carbonyl (C=O) groups excluding carboxylic acids is 2. The maximum atomic E-state index is 14.1. The predicted octanol–water partition coefficient (Wildman–Crippen LogP) is 6.50. The van der Waals surface area contributed by atoms with E-state index < -0.39 is 5.92 Å². The number of allylic oxidation sites excluding steroid dienone is 4. The van der Waals surface area contributed by atoms with Crippen molar-refractivity contribution in [3.63, 3.8) is 0 Å². The Morgan fingerprint density at radius 1 is 1.00 bits per heavy atom. The molecule has 2 aromatic carbocycles. The van der Waals surface area contributed by atoms with E-state index in [1.54, 1.807) is 30.3 Å². The Labute approximate surface area is 215 Å². The molecule has 0 N–H and O–H groups in total. The molecule has 0 bridgehead atoms. The molecule has 188 valence electrons. The summed E-state index contributed by atoms with van der Waals surface area (Å²) in [4.78, 5) is 28.8. The Balaban J connectivity index is 1.60. The molecule has 2 aliphatic carbocycles. The summed E-state index contributed by atoms with van der Waals surface area (Å²) in [5, 5.41) is 0.287. The molecule has 3 aliphatic rings. The first-order valence-corrected chi connectivity index (χ1v) is 12.9. The van der Waals surface area contributed by atoms with Gasteiger partial charge in [0.05, 0.1) is 12.1 Å². The lowest BCUT2D eigenvalue weighted by Gasteiger charge is -2.43. The standard InChI is InChI=1S/C29H29ClFNO4/c1-3-32-21-10-6-12-23(33)27(21)26(28-22(32)11-7-13-24(28)34)18-14-19(30)29(25(15-18)35-2)36-16-17-8-4-5-9-20(17)31/h4-5,8-9,14-15,26H,3,6-7,10-13,16H2,1-2H3. The Morgan fingerprint density at radius 2 is 1.64 bits per heavy atom. The highest BCUT2D eigenvalue weighted by atomic mass is 35.5. The van der Waals surface area contributed by atoms with E-state index in [1.165, 1.54) is 13.2 Å². The molecule has 0 radical (unpaired) electrons. The van der Waals surface area contributed by atoms with Crippen LogP contribution >= 0.6 is 11.6 Å². The fourth-order valence-electron chi connectivity index (χ4n) is 5.74. The summed E-state index contributed by atoms with van der Waals surface area (Å²) in [7, 11) is 1.51. The number of carbonyl (C=O) groups is 2. The molecule has 1 aliphatic heterocycles. The van der Waals surface area contributed by atoms with Gasteiger partial charge in [0.15, 0.2) is 23.1 Å². The highest BCUT2D eigenvalue weighted by molar-refractivity contribution is 6.32. The van der Waals surface area contributed by atoms with Crippen molar-refractivity contribution in [3.05, 3.63) is 80.9 Å². The Kier molecular flexibility index (Phi) is 6.89. The minimum Gasteiger partial charge on any atom is -0.493 e. The second-order valence-corrected chi connectivity index (χ2v) is 9.77. The maximum absolute atomic E-state index is 14.1. The molecule has 0 unspecified atom stereocenters. The highest BCUT2D eigenvalue weighted by Gasteiger charge is 2.43. The number of ether oxygens (including phenoxy) is 2. The topological polar surface area (TPSA) is 55.8 Å². The normalized spacial score (nSPS) is 18.4. The maximum Gasteiger partial charge on any atom is 0.180 e. The number of Topliss-reactive ketones (excluding diaryl/α,β-unsaturated/α-hetero) is 2. The van der Waals surface area contributed by atoms with Crippen LogP contribution in [0.25, 0.3) is 0 Å². The minimum absolute atomic E-state index is 0.0153. The van der Waals surface area contributed by atoms with E-state index in [9.17, 15) is 14.0 Å². The zero-order valence-corrected chi connectivity index (χ0v) is 21.3. The van der Waals surface area contributed by atoms with Crippen LogP contribution < -0.4 is 9.47 Å². The van der Waals surface area contributed by atoms with Gasteiger partial charge >= 0.3 is 0 Å². The Morgan fingerprint density at radius 3 is 2.22 bits per heavy atom. The molecular formula is C29H29ClFNO4. The van der Waals surface area contributed by atoms with Crippen molar-refractivity contribution >= 4 is 23.2 Å². The lowest BCUT2D eigenvalue weighted by atomic mass is 9.71. The van der Waals surface area contributed by atoms with Gasteiger partial charge in [-0.3, -0.25) is 9.59 Å². The highest BCUT2D eigenvalue weighted by Crippen LogP contribution is 2.51. The molecule has 36 heavy (non-hydrogen) atoms. The second kappa shape index (κ2) is 10.1. The molecule has 0 spiro atoms. The van der Waals surface area contributed by atoms with Crippen molar-refractivity contribution in [1.29, 1.82) is 0 Å². The number of nitrogens with zero attached hydrogens (tertiary/aromatic N) is 1. The van der Waals surface area contributed by atoms with Gasteiger partial charge in [0.25, 0.3) is 0 Å². The minimum atomic E-state index is -0.481. The molecule has 0 amide bonds. The van der Waals surface area contributed by atoms with Gasteiger partial charge in [-0.15, -0.1) is 0 Å². The average molecular weight is 510 g/mol. The molecule has 0 atom stereocenters. The lowest BCUT2D eigenvalue weighted by Crippen LogP contribution is -2.39. The number of rotatable bonds is 6. The number of halogens is 2. The van der Waals surface area contributed by atoms with E-state index >= 15 is 0 Å². The molecule has 0 aromatic heterocycles. The molecule has 0 fully saturated rings. The largest absolute Gasteiger partial charge is 0.493 e. The SMILES string of the molecule is CCN1C2=C(C(=O)CCC2)C(c2cc(Cl)c(OCc3ccccc3F)c(OC)c2)C2=C1CCCC2=O. The van der Waals surface area contributed by atoms with Crippen LogP contribution in [0.15, 0.2) is 58.9 Å². The van der Waals surface area contributed by atoms with Crippen molar-refractivity contribution in [2.45, 2.75) is 58.0 Å². The second-order valence-electron chi connectivity index (χ2n) is 9.37. The van der Waals surface area contributed by atoms with Crippen molar-refractivity contribution in [2.24, 2.45) is 0 Å². The van der Waals surface area contributed by atoms with E-state index in [0.717, 1.165) is 49.2 Å². The van der Waals surface area contributed by atoms with E-state index in [4.69, 9.17) is 21.1 Å². The summed E-state index contributed by atoms with van der Waals surface area (Å²) >= 11 is 6.71. The quantitative estimate of drug-likeness (QED) is 0.445. The summed E-state index contributed by atoms with van der Waals surface area (Å²) in [6.07, 6.45) is 4.18. The van der Waals surface area contributed by atoms with Crippen molar-refractivity contribution in [3.8, 4) is 11.5 Å². The van der Waals surface area contributed by atoms with Gasteiger partial charge in [-0.05, 0) is 56.4 Å². The molecular weight excluding hydrogens is 481 g/mol. The summed E-state index contributed by atoms with van der Waals surface area (Å²) in [6.45, 7) is 2.77. The van der Waals surface area contributed by atoms with Crippen molar-refractivity contribution in [1.82, 2.24) is 4.90 Å². The summed E-state index contributed by atoms with van der Waals surface area (Å²) in [5.41, 5.74) is 4.60. The van der Waals surface area contributed by atoms with Gasteiger partial charge in [0.1, 0.15) is 12.4 Å². The summed E-state index contributed by atoms with van der Waals surface area (Å²) < 4.78 is 25.6. The molecule has 0 saturated carbocycles. The summed E-state index contributed by atoms with van der Waals surface area (Å²) in [5.74, 6) is -0.00450. The van der Waals surface area contributed by atoms with Gasteiger partial charge in [0.2, 0.25) is 0 Å². The van der Waals surface area contributed by atoms with Crippen molar-refractivity contribution < 1.29 is 23.5 Å². The van der Waals surface area contributed by atoms with Crippen LogP contribution in [-0.4, -0.2) is 30.1 Å². The molecule has 1 heterocycles. The molecule has 5 rings (SSSR count). The van der Waals surface area contributed by atoms with Crippen LogP contribution in [0, 0.1) is 5.82 Å². The number of hydrogen-bond donors (Lipinski definition) is 0. The van der Waals surface area contributed by atoms with Crippen LogP contribution in [0.2, 0.25) is 5.02 Å². The first-order valence-electron chi connectivity index (χ1n) is 12.5. The zero-order valence-electron chi connectivity index (χ0n) is 20.5. The van der Waals surface area contributed by atoms with E-state index in [1.807, 2.05) is 0 Å². The third kappa shape index (κ3) is 4.21. The van der Waals surface area contributed by atoms with Crippen LogP contribution in [0.1, 0.15) is 62.5 Å². The first kappa shape index (κ1) is 24.6. The smallest absolute Gasteiger partial charge is 0.180 e. The monoisotopic (exact) mass is 509 g/mol. The zero-order chi connectivity index (χ0) is 25.4. The number of methoxy groups -OCH3 is 1. The van der Waals surface area contributed by atoms with E-state index in [2.05, 4.69) is 11.8 Å². The van der Waals surface area contributed by atoms with E-state index in [-0.39, 0.29) is 29.0 Å². The molecule has 5 nitrogen and oxygen atoms in total. The average Bonchev–Trinajstić information content (AvgIpc) is 2.87. The number of hydrogen-bond acceptors (Lipinski definition) is 5. The Bertz CT molecular complexity index is 1250. The van der Waals surface area contributed by atoms with Crippen LogP contribution in [0.5, 0.6) is 11.5 Å². The third-order valence-corrected chi connectivity index (χ3v) is 7.60. The van der Waals surface area contributed by atoms with Crippen LogP contribution in [0.4, 0.5) is 4.39 Å². The lowest BCUT2D eigenvalue weighted by molar-refractivity contribution is -0.117. The van der Waals surface area contributed by atoms with Gasteiger partial charge < -0.3 is 14.4 Å². The van der Waals surface area contributed by atoms with Gasteiger partial charge in [-0.2, -0.15) is 0 Å². The van der Waals surface area contributed by atoms with Gasteiger partial charge in [0, 0.05) is 53.4 Å². The van der Waals surface area contributed by atoms with E-state index in [0.29, 0.717) is 41.1 Å². The fraction of sp³-hybridized carbons (Fsp3) is 0.379. The predicted molar refractivity (Wildman–Crippen MR) is 136 cm³/mol. The third-order valence-electron chi connectivity index (χ3n) is 7.32.